The number of hydrogen-bond acceptors (Lipinski definition) is 7. The lowest BCUT2D eigenvalue weighted by atomic mass is 9.87. The van der Waals surface area contributed by atoms with Crippen molar-refractivity contribution in [2.45, 2.75) is 51.5 Å². The number of carbonyl (C=O) groups is 2. The van der Waals surface area contributed by atoms with Crippen LogP contribution < -0.4 is 0 Å². The Morgan fingerprint density at radius 2 is 1.47 bits per heavy atom. The van der Waals surface area contributed by atoms with Crippen molar-refractivity contribution in [3.63, 3.8) is 0 Å². The van der Waals surface area contributed by atoms with Gasteiger partial charge in [0.15, 0.2) is 6.23 Å². The minimum atomic E-state index is -4.19. The number of ether oxygens (including phenoxy) is 3. The van der Waals surface area contributed by atoms with Gasteiger partial charge in [-0.2, -0.15) is 0 Å². The van der Waals surface area contributed by atoms with E-state index in [4.69, 9.17) is 14.2 Å². The lowest BCUT2D eigenvalue weighted by Gasteiger charge is -2.35. The second-order valence-electron chi connectivity index (χ2n) is 8.37. The highest BCUT2D eigenvalue weighted by Gasteiger charge is 2.70. The van der Waals surface area contributed by atoms with Gasteiger partial charge in [-0.1, -0.05) is 68.4 Å². The molecule has 0 saturated carbocycles. The van der Waals surface area contributed by atoms with E-state index in [1.807, 2.05) is 26.0 Å². The molecule has 1 aliphatic heterocycles. The summed E-state index contributed by atoms with van der Waals surface area (Å²) in [6.07, 6.45) is -1.62. The monoisotopic (exact) mass is 489 g/mol. The fourth-order valence-corrected chi connectivity index (χ4v) is 5.47. The summed E-state index contributed by atoms with van der Waals surface area (Å²) in [5, 5.41) is 0. The number of sulfonamides is 1. The van der Waals surface area contributed by atoms with Gasteiger partial charge >= 0.3 is 11.9 Å². The maximum Gasteiger partial charge on any atom is 0.342 e. The van der Waals surface area contributed by atoms with Crippen molar-refractivity contribution in [3.8, 4) is 0 Å². The molecule has 0 unspecified atom stereocenters. The van der Waals surface area contributed by atoms with Crippen LogP contribution in [-0.4, -0.2) is 49.7 Å². The van der Waals surface area contributed by atoms with Crippen LogP contribution in [0, 0.1) is 0 Å². The normalized spacial score (nSPS) is 20.3. The Morgan fingerprint density at radius 3 is 1.91 bits per heavy atom. The first-order chi connectivity index (χ1) is 16.1. The summed E-state index contributed by atoms with van der Waals surface area (Å²) in [6, 6.07) is 15.8. The first-order valence-electron chi connectivity index (χ1n) is 11.2. The van der Waals surface area contributed by atoms with Crippen LogP contribution in [-0.2, 0) is 33.8 Å². The quantitative estimate of drug-likeness (QED) is 0.412. The molecule has 34 heavy (non-hydrogen) atoms. The molecule has 3 rings (SSSR count). The molecule has 1 saturated heterocycles. The number of benzene rings is 2. The van der Waals surface area contributed by atoms with Gasteiger partial charge in [-0.05, 0) is 36.5 Å². The average molecular weight is 490 g/mol. The van der Waals surface area contributed by atoms with E-state index in [0.29, 0.717) is 11.1 Å². The highest BCUT2D eigenvalue weighted by atomic mass is 32.2. The van der Waals surface area contributed by atoms with E-state index >= 15 is 0 Å². The lowest BCUT2D eigenvalue weighted by Crippen LogP contribution is -2.62. The molecule has 0 amide bonds. The highest BCUT2D eigenvalue weighted by Crippen LogP contribution is 2.52. The van der Waals surface area contributed by atoms with Gasteiger partial charge in [0.05, 0.1) is 19.5 Å². The molecule has 1 fully saturated rings. The molecule has 1 heterocycles. The van der Waals surface area contributed by atoms with Crippen molar-refractivity contribution < 1.29 is 32.2 Å². The number of rotatable bonds is 8. The van der Waals surface area contributed by atoms with Gasteiger partial charge in [-0.25, -0.2) is 18.0 Å². The summed E-state index contributed by atoms with van der Waals surface area (Å²) >= 11 is 0. The molecule has 184 valence electrons. The molecule has 0 aliphatic carbocycles. The maximum absolute atomic E-state index is 13.6. The van der Waals surface area contributed by atoms with E-state index in [2.05, 4.69) is 0 Å². The fourth-order valence-electron chi connectivity index (χ4n) is 4.19. The summed E-state index contributed by atoms with van der Waals surface area (Å²) in [7, 11) is -4.19. The Labute approximate surface area is 200 Å². The summed E-state index contributed by atoms with van der Waals surface area (Å²) in [4.78, 5) is 27.1. The summed E-state index contributed by atoms with van der Waals surface area (Å²) in [6.45, 7) is 7.12. The minimum Gasteiger partial charge on any atom is -0.464 e. The third-order valence-corrected chi connectivity index (χ3v) is 6.92. The molecule has 0 spiro atoms. The predicted octanol–water partition coefficient (Wildman–Crippen LogP) is 3.71. The molecule has 2 aromatic rings. The van der Waals surface area contributed by atoms with Crippen LogP contribution in [0.3, 0.4) is 0 Å². The zero-order valence-electron chi connectivity index (χ0n) is 20.1. The smallest absolute Gasteiger partial charge is 0.342 e. The zero-order valence-corrected chi connectivity index (χ0v) is 20.9. The second-order valence-corrected chi connectivity index (χ2v) is 10.2. The number of esters is 2. The largest absolute Gasteiger partial charge is 0.464 e. The Morgan fingerprint density at radius 1 is 0.941 bits per heavy atom. The predicted molar refractivity (Wildman–Crippen MR) is 126 cm³/mol. The average Bonchev–Trinajstić information content (AvgIpc) is 3.18. The molecule has 0 N–H and O–H groups in total. The van der Waals surface area contributed by atoms with Crippen LogP contribution in [0.5, 0.6) is 0 Å². The Hall–Kier alpha value is -2.75. The molecular weight excluding hydrogens is 458 g/mol. The van der Waals surface area contributed by atoms with Gasteiger partial charge in [0.1, 0.15) is 6.10 Å². The number of nitrogens with zero attached hydrogens (tertiary/aromatic N) is 1. The standard InChI is InChI=1S/C25H31NO7S/c1-6-31-23(27)25(24(28)32-7-2)21(19-15-13-18(14-16-19)17(3)4)33-22(26(25)34(5,29)30)20-11-9-8-10-12-20/h8-17,21-22H,6-7H2,1-5H3/t21-,22+/m0/s1. The van der Waals surface area contributed by atoms with E-state index in [-0.39, 0.29) is 19.1 Å². The first-order valence-corrected chi connectivity index (χ1v) is 13.1. The molecule has 0 bridgehead atoms. The van der Waals surface area contributed by atoms with Gasteiger partial charge in [0, 0.05) is 0 Å². The highest BCUT2D eigenvalue weighted by molar-refractivity contribution is 7.88. The van der Waals surface area contributed by atoms with Gasteiger partial charge in [-0.15, -0.1) is 4.31 Å². The van der Waals surface area contributed by atoms with E-state index in [1.54, 1.807) is 56.3 Å². The van der Waals surface area contributed by atoms with Crippen LogP contribution in [0.1, 0.15) is 62.6 Å². The molecule has 9 heteroatoms. The van der Waals surface area contributed by atoms with E-state index in [1.165, 1.54) is 0 Å². The summed E-state index contributed by atoms with van der Waals surface area (Å²) in [5.41, 5.74) is -0.441. The van der Waals surface area contributed by atoms with Gasteiger partial charge in [0.25, 0.3) is 5.54 Å². The van der Waals surface area contributed by atoms with E-state index in [0.717, 1.165) is 16.1 Å². The molecule has 8 nitrogen and oxygen atoms in total. The van der Waals surface area contributed by atoms with Crippen molar-refractivity contribution in [2.24, 2.45) is 0 Å². The minimum absolute atomic E-state index is 0.0629. The van der Waals surface area contributed by atoms with Crippen LogP contribution in [0.2, 0.25) is 0 Å². The number of carbonyl (C=O) groups excluding carboxylic acids is 2. The van der Waals surface area contributed by atoms with Crippen molar-refractivity contribution in [3.05, 3.63) is 71.3 Å². The molecule has 1 aliphatic rings. The van der Waals surface area contributed by atoms with Crippen molar-refractivity contribution in [2.75, 3.05) is 19.5 Å². The Balaban J connectivity index is 2.33. The Bertz CT molecular complexity index is 1100. The third kappa shape index (κ3) is 4.60. The van der Waals surface area contributed by atoms with E-state index < -0.39 is 39.8 Å². The van der Waals surface area contributed by atoms with Crippen molar-refractivity contribution in [1.82, 2.24) is 4.31 Å². The topological polar surface area (TPSA) is 99.2 Å². The lowest BCUT2D eigenvalue weighted by molar-refractivity contribution is -0.172. The summed E-state index contributed by atoms with van der Waals surface area (Å²) in [5.74, 6) is -1.84. The molecular formula is C25H31NO7S. The van der Waals surface area contributed by atoms with Gasteiger partial charge in [0.2, 0.25) is 10.0 Å². The van der Waals surface area contributed by atoms with Crippen molar-refractivity contribution in [1.29, 1.82) is 0 Å². The van der Waals surface area contributed by atoms with E-state index in [9.17, 15) is 18.0 Å². The Kier molecular flexibility index (Phi) is 7.80. The maximum atomic E-state index is 13.6. The first kappa shape index (κ1) is 25.9. The molecule has 0 aromatic heterocycles. The van der Waals surface area contributed by atoms with Crippen LogP contribution >= 0.6 is 0 Å². The fraction of sp³-hybridized carbons (Fsp3) is 0.440. The van der Waals surface area contributed by atoms with Gasteiger partial charge in [-0.3, -0.25) is 0 Å². The van der Waals surface area contributed by atoms with Crippen LogP contribution in [0.4, 0.5) is 0 Å². The van der Waals surface area contributed by atoms with Gasteiger partial charge < -0.3 is 14.2 Å². The summed E-state index contributed by atoms with van der Waals surface area (Å²) < 4.78 is 44.1. The SMILES string of the molecule is CCOC(=O)C1(C(=O)OCC)[C@H](c2ccc(C(C)C)cc2)O[C@H](c2ccccc2)N1S(C)(=O)=O. The molecule has 2 atom stereocenters. The molecule has 0 radical (unpaired) electrons. The molecule has 2 aromatic carbocycles. The third-order valence-electron chi connectivity index (χ3n) is 5.73. The number of hydrogen-bond donors (Lipinski definition) is 0. The zero-order chi connectivity index (χ0) is 25.1. The van der Waals surface area contributed by atoms with Crippen LogP contribution in [0.25, 0.3) is 0 Å². The second kappa shape index (κ2) is 10.2. The van der Waals surface area contributed by atoms with Crippen LogP contribution in [0.15, 0.2) is 54.6 Å². The van der Waals surface area contributed by atoms with Crippen molar-refractivity contribution >= 4 is 22.0 Å².